The van der Waals surface area contributed by atoms with E-state index in [-0.39, 0.29) is 12.2 Å². The van der Waals surface area contributed by atoms with Crippen LogP contribution >= 0.6 is 0 Å². The second-order valence-electron chi connectivity index (χ2n) is 6.30. The number of carbonyl (C=O) groups is 1. The lowest BCUT2D eigenvalue weighted by Crippen LogP contribution is -2.53. The minimum atomic E-state index is -0.766. The fourth-order valence-electron chi connectivity index (χ4n) is 3.89. The highest BCUT2D eigenvalue weighted by atomic mass is 16.1. The summed E-state index contributed by atoms with van der Waals surface area (Å²) in [5, 5.41) is 13.4. The van der Waals surface area contributed by atoms with Crippen LogP contribution in [0.3, 0.4) is 0 Å². The number of hydrogen-bond donors (Lipinski definition) is 2. The zero-order valence-corrected chi connectivity index (χ0v) is 13.5. The van der Waals surface area contributed by atoms with Crippen LogP contribution in [0.1, 0.15) is 25.1 Å². The SMILES string of the molecule is Cc1nc2cnc3[nH]ccc3c2n1[C@]1(C(=O)CC#N)CCCNC1. The molecule has 2 N–H and O–H groups in total. The predicted octanol–water partition coefficient (Wildman–Crippen LogP) is 1.78. The summed E-state index contributed by atoms with van der Waals surface area (Å²) < 4.78 is 2.03. The molecule has 3 aromatic rings. The van der Waals surface area contributed by atoms with E-state index in [9.17, 15) is 4.79 Å². The molecule has 0 bridgehead atoms. The quantitative estimate of drug-likeness (QED) is 0.766. The zero-order valence-electron chi connectivity index (χ0n) is 13.5. The van der Waals surface area contributed by atoms with Gasteiger partial charge in [0.05, 0.1) is 24.2 Å². The summed E-state index contributed by atoms with van der Waals surface area (Å²) >= 11 is 0. The molecule has 1 atom stereocenters. The summed E-state index contributed by atoms with van der Waals surface area (Å²) in [7, 11) is 0. The third-order valence-electron chi connectivity index (χ3n) is 4.92. The summed E-state index contributed by atoms with van der Waals surface area (Å²) in [5.74, 6) is 0.718. The number of aryl methyl sites for hydroxylation is 1. The molecule has 4 heterocycles. The summed E-state index contributed by atoms with van der Waals surface area (Å²) in [6, 6.07) is 3.98. The van der Waals surface area contributed by atoms with Crippen LogP contribution in [-0.2, 0) is 10.3 Å². The van der Waals surface area contributed by atoms with Crippen molar-refractivity contribution in [2.24, 2.45) is 0 Å². The molecule has 7 heteroatoms. The molecule has 0 spiro atoms. The number of rotatable bonds is 3. The number of pyridine rings is 1. The number of nitrogens with one attached hydrogen (secondary N) is 2. The Labute approximate surface area is 138 Å². The van der Waals surface area contributed by atoms with Gasteiger partial charge in [-0.2, -0.15) is 5.26 Å². The van der Waals surface area contributed by atoms with Gasteiger partial charge in [-0.1, -0.05) is 0 Å². The fourth-order valence-corrected chi connectivity index (χ4v) is 3.89. The molecular weight excluding hydrogens is 304 g/mol. The van der Waals surface area contributed by atoms with Gasteiger partial charge in [-0.25, -0.2) is 9.97 Å². The minimum Gasteiger partial charge on any atom is -0.346 e. The predicted molar refractivity (Wildman–Crippen MR) is 89.4 cm³/mol. The van der Waals surface area contributed by atoms with Crippen molar-refractivity contribution in [1.82, 2.24) is 24.8 Å². The lowest BCUT2D eigenvalue weighted by Gasteiger charge is -2.38. The molecule has 0 aliphatic carbocycles. The Morgan fingerprint density at radius 3 is 3.17 bits per heavy atom. The summed E-state index contributed by atoms with van der Waals surface area (Å²) in [6.45, 7) is 3.32. The second-order valence-corrected chi connectivity index (χ2v) is 6.30. The van der Waals surface area contributed by atoms with Gasteiger partial charge in [0, 0.05) is 18.1 Å². The number of Topliss-reactive ketones (excluding diaryl/α,β-unsaturated/α-hetero) is 1. The number of ketones is 1. The minimum absolute atomic E-state index is 0.0555. The number of nitrogens with zero attached hydrogens (tertiary/aromatic N) is 4. The van der Waals surface area contributed by atoms with Gasteiger partial charge >= 0.3 is 0 Å². The average molecular weight is 322 g/mol. The van der Waals surface area contributed by atoms with Gasteiger partial charge in [0.1, 0.15) is 22.5 Å². The zero-order chi connectivity index (χ0) is 16.7. The Balaban J connectivity index is 2.05. The number of aromatic nitrogens is 4. The maximum Gasteiger partial charge on any atom is 0.174 e. The van der Waals surface area contributed by atoms with Crippen molar-refractivity contribution < 1.29 is 4.79 Å². The molecule has 0 amide bonds. The molecule has 7 nitrogen and oxygen atoms in total. The van der Waals surface area contributed by atoms with E-state index in [1.807, 2.05) is 29.8 Å². The van der Waals surface area contributed by atoms with E-state index in [4.69, 9.17) is 5.26 Å². The first-order valence-electron chi connectivity index (χ1n) is 8.10. The Bertz CT molecular complexity index is 970. The largest absolute Gasteiger partial charge is 0.346 e. The number of carbonyl (C=O) groups excluding carboxylic acids is 1. The van der Waals surface area contributed by atoms with Gasteiger partial charge in [0.25, 0.3) is 0 Å². The number of aromatic amines is 1. The number of imidazole rings is 1. The van der Waals surface area contributed by atoms with Gasteiger partial charge in [-0.15, -0.1) is 0 Å². The van der Waals surface area contributed by atoms with Crippen molar-refractivity contribution in [3.05, 3.63) is 24.3 Å². The molecular formula is C17H18N6O. The van der Waals surface area contributed by atoms with E-state index in [1.54, 1.807) is 6.20 Å². The van der Waals surface area contributed by atoms with Crippen LogP contribution in [0.2, 0.25) is 0 Å². The Hall–Kier alpha value is -2.72. The molecule has 1 aliphatic rings. The van der Waals surface area contributed by atoms with Crippen molar-refractivity contribution >= 4 is 27.9 Å². The highest BCUT2D eigenvalue weighted by Gasteiger charge is 2.43. The van der Waals surface area contributed by atoms with Crippen LogP contribution in [0.25, 0.3) is 22.1 Å². The summed E-state index contributed by atoms with van der Waals surface area (Å²) in [6.07, 6.45) is 5.07. The van der Waals surface area contributed by atoms with Gasteiger partial charge < -0.3 is 14.9 Å². The first-order chi connectivity index (χ1) is 11.7. The number of hydrogen-bond acceptors (Lipinski definition) is 5. The summed E-state index contributed by atoms with van der Waals surface area (Å²) in [5.41, 5.74) is 1.69. The molecule has 1 saturated heterocycles. The van der Waals surface area contributed by atoms with Crippen molar-refractivity contribution in [2.75, 3.05) is 13.1 Å². The van der Waals surface area contributed by atoms with E-state index in [0.29, 0.717) is 13.0 Å². The first-order valence-corrected chi connectivity index (χ1v) is 8.10. The fraction of sp³-hybridized carbons (Fsp3) is 0.412. The Kier molecular flexibility index (Phi) is 3.36. The highest BCUT2D eigenvalue weighted by Crippen LogP contribution is 2.35. The van der Waals surface area contributed by atoms with Crippen LogP contribution in [0.4, 0.5) is 0 Å². The average Bonchev–Trinajstić information content (AvgIpc) is 3.18. The Morgan fingerprint density at radius 1 is 1.54 bits per heavy atom. The Morgan fingerprint density at radius 2 is 2.42 bits per heavy atom. The van der Waals surface area contributed by atoms with Gasteiger partial charge in [-0.3, -0.25) is 4.79 Å². The second kappa shape index (κ2) is 5.42. The molecule has 3 aromatic heterocycles. The molecule has 4 rings (SSSR count). The maximum absolute atomic E-state index is 13.0. The monoisotopic (exact) mass is 322 g/mol. The van der Waals surface area contributed by atoms with Crippen LogP contribution in [0.5, 0.6) is 0 Å². The molecule has 1 fully saturated rings. The third kappa shape index (κ3) is 1.96. The van der Waals surface area contributed by atoms with E-state index in [0.717, 1.165) is 40.9 Å². The lowest BCUT2D eigenvalue weighted by atomic mass is 9.83. The van der Waals surface area contributed by atoms with Crippen LogP contribution in [-0.4, -0.2) is 38.4 Å². The number of nitriles is 1. The standard InChI is InChI=1S/C17H18N6O/c1-11-22-13-9-21-16-12(4-8-20-16)15(13)23(11)17(14(24)3-6-18)5-2-7-19-10-17/h4,8-9,19H,2-3,5,7,10H2,1H3,(H,20,21)/t17-/m1/s1. The van der Waals surface area contributed by atoms with Crippen LogP contribution in [0, 0.1) is 18.3 Å². The molecule has 0 aromatic carbocycles. The molecule has 24 heavy (non-hydrogen) atoms. The number of fused-ring (bicyclic) bond motifs is 3. The van der Waals surface area contributed by atoms with Crippen molar-refractivity contribution in [2.45, 2.75) is 31.7 Å². The van der Waals surface area contributed by atoms with E-state index >= 15 is 0 Å². The van der Waals surface area contributed by atoms with Crippen LogP contribution < -0.4 is 5.32 Å². The lowest BCUT2D eigenvalue weighted by molar-refractivity contribution is -0.127. The van der Waals surface area contributed by atoms with E-state index < -0.39 is 5.54 Å². The van der Waals surface area contributed by atoms with Gasteiger partial charge in [0.2, 0.25) is 0 Å². The molecule has 0 saturated carbocycles. The normalized spacial score (nSPS) is 21.2. The third-order valence-corrected chi connectivity index (χ3v) is 4.92. The number of piperidine rings is 1. The summed E-state index contributed by atoms with van der Waals surface area (Å²) in [4.78, 5) is 25.1. The first kappa shape index (κ1) is 14.8. The van der Waals surface area contributed by atoms with E-state index in [1.165, 1.54) is 0 Å². The van der Waals surface area contributed by atoms with Gasteiger partial charge in [-0.05, 0) is 32.4 Å². The van der Waals surface area contributed by atoms with Crippen molar-refractivity contribution in [1.29, 1.82) is 5.26 Å². The van der Waals surface area contributed by atoms with E-state index in [2.05, 4.69) is 20.3 Å². The van der Waals surface area contributed by atoms with Crippen LogP contribution in [0.15, 0.2) is 18.5 Å². The van der Waals surface area contributed by atoms with Crippen molar-refractivity contribution in [3.63, 3.8) is 0 Å². The molecule has 0 radical (unpaired) electrons. The maximum atomic E-state index is 13.0. The van der Waals surface area contributed by atoms with Crippen molar-refractivity contribution in [3.8, 4) is 6.07 Å². The smallest absolute Gasteiger partial charge is 0.174 e. The topological polar surface area (TPSA) is 99.4 Å². The molecule has 0 unspecified atom stereocenters. The van der Waals surface area contributed by atoms with Gasteiger partial charge in [0.15, 0.2) is 5.78 Å². The highest BCUT2D eigenvalue weighted by molar-refractivity contribution is 6.03. The molecule has 122 valence electrons. The molecule has 1 aliphatic heterocycles. The number of H-pyrrole nitrogens is 1.